The second-order valence-corrected chi connectivity index (χ2v) is 7.38. The average molecular weight is 377 g/mol. The summed E-state index contributed by atoms with van der Waals surface area (Å²) in [5.41, 5.74) is 2.57. The van der Waals surface area contributed by atoms with Crippen molar-refractivity contribution in [1.29, 1.82) is 0 Å². The number of anilines is 1. The third kappa shape index (κ3) is 3.63. The molecule has 1 amide bonds. The first-order chi connectivity index (χ1) is 13.5. The van der Waals surface area contributed by atoms with E-state index in [1.54, 1.807) is 22.8 Å². The lowest BCUT2D eigenvalue weighted by Gasteiger charge is -2.10. The number of rotatable bonds is 5. The summed E-state index contributed by atoms with van der Waals surface area (Å²) in [6.07, 6.45) is 1.78. The lowest BCUT2D eigenvalue weighted by atomic mass is 10.0. The number of hydrogen-bond acceptors (Lipinski definition) is 4. The predicted octanol–water partition coefficient (Wildman–Crippen LogP) is 3.48. The van der Waals surface area contributed by atoms with Gasteiger partial charge in [-0.15, -0.1) is 0 Å². The smallest absolute Gasteiger partial charge is 0.262 e. The second kappa shape index (κ2) is 7.46. The molecule has 4 rings (SSSR count). The van der Waals surface area contributed by atoms with Gasteiger partial charge in [-0.25, -0.2) is 4.98 Å². The third-order valence-corrected chi connectivity index (χ3v) is 5.02. The van der Waals surface area contributed by atoms with Gasteiger partial charge in [0.15, 0.2) is 6.61 Å². The molecule has 3 aromatic rings. The summed E-state index contributed by atoms with van der Waals surface area (Å²) in [7, 11) is 0. The van der Waals surface area contributed by atoms with Crippen LogP contribution in [-0.4, -0.2) is 22.1 Å². The Morgan fingerprint density at radius 3 is 2.75 bits per heavy atom. The molecule has 0 atom stereocenters. The van der Waals surface area contributed by atoms with E-state index in [2.05, 4.69) is 24.1 Å². The minimum absolute atomic E-state index is 0.0438. The van der Waals surface area contributed by atoms with Gasteiger partial charge >= 0.3 is 0 Å². The van der Waals surface area contributed by atoms with Crippen molar-refractivity contribution in [2.75, 3.05) is 11.9 Å². The molecule has 1 aliphatic heterocycles. The van der Waals surface area contributed by atoms with Gasteiger partial charge in [-0.2, -0.15) is 0 Å². The molecule has 6 nitrogen and oxygen atoms in total. The van der Waals surface area contributed by atoms with Crippen molar-refractivity contribution in [2.24, 2.45) is 0 Å². The summed E-state index contributed by atoms with van der Waals surface area (Å²) in [5, 5.41) is 3.34. The van der Waals surface area contributed by atoms with Gasteiger partial charge in [0.05, 0.1) is 10.9 Å². The Kier molecular flexibility index (Phi) is 4.86. The summed E-state index contributed by atoms with van der Waals surface area (Å²) in [4.78, 5) is 29.3. The number of aryl methyl sites for hydroxylation is 1. The van der Waals surface area contributed by atoms with E-state index in [0.717, 1.165) is 24.4 Å². The summed E-state index contributed by atoms with van der Waals surface area (Å²) in [6.45, 7) is 4.83. The van der Waals surface area contributed by atoms with Gasteiger partial charge in [-0.3, -0.25) is 14.2 Å². The Morgan fingerprint density at radius 2 is 2.00 bits per heavy atom. The SMILES string of the molecule is CC(C)c1ccc(NC(=O)COc2ccc3nc4n(c(=O)c3c2)CCC4)cc1. The van der Waals surface area contributed by atoms with Gasteiger partial charge in [-0.1, -0.05) is 26.0 Å². The van der Waals surface area contributed by atoms with Crippen LogP contribution in [0.2, 0.25) is 0 Å². The van der Waals surface area contributed by atoms with E-state index in [0.29, 0.717) is 29.1 Å². The zero-order valence-electron chi connectivity index (χ0n) is 16.1. The van der Waals surface area contributed by atoms with E-state index >= 15 is 0 Å². The van der Waals surface area contributed by atoms with Crippen LogP contribution < -0.4 is 15.6 Å². The van der Waals surface area contributed by atoms with Crippen molar-refractivity contribution in [2.45, 2.75) is 39.2 Å². The van der Waals surface area contributed by atoms with Crippen LogP contribution in [0.1, 0.15) is 37.6 Å². The summed E-state index contributed by atoms with van der Waals surface area (Å²) in [6, 6.07) is 13.0. The number of nitrogens with one attached hydrogen (secondary N) is 1. The molecule has 0 unspecified atom stereocenters. The number of hydrogen-bond donors (Lipinski definition) is 1. The number of ether oxygens (including phenoxy) is 1. The van der Waals surface area contributed by atoms with E-state index in [1.165, 1.54) is 5.56 Å². The lowest BCUT2D eigenvalue weighted by Crippen LogP contribution is -2.22. The molecule has 2 heterocycles. The molecule has 144 valence electrons. The van der Waals surface area contributed by atoms with Crippen molar-refractivity contribution >= 4 is 22.5 Å². The zero-order valence-corrected chi connectivity index (χ0v) is 16.1. The fourth-order valence-corrected chi connectivity index (χ4v) is 3.45. The summed E-state index contributed by atoms with van der Waals surface area (Å²) in [5.74, 6) is 1.52. The Bertz CT molecular complexity index is 1080. The van der Waals surface area contributed by atoms with Crippen LogP contribution in [0, 0.1) is 0 Å². The van der Waals surface area contributed by atoms with E-state index < -0.39 is 0 Å². The highest BCUT2D eigenvalue weighted by molar-refractivity contribution is 5.92. The van der Waals surface area contributed by atoms with Crippen LogP contribution >= 0.6 is 0 Å². The fraction of sp³-hybridized carbons (Fsp3) is 0.318. The van der Waals surface area contributed by atoms with E-state index in [4.69, 9.17) is 4.74 Å². The zero-order chi connectivity index (χ0) is 19.7. The molecule has 0 spiro atoms. The molecule has 0 saturated carbocycles. The minimum atomic E-state index is -0.249. The number of nitrogens with zero attached hydrogens (tertiary/aromatic N) is 2. The summed E-state index contributed by atoms with van der Waals surface area (Å²) < 4.78 is 7.32. The molecule has 0 radical (unpaired) electrons. The molecule has 1 N–H and O–H groups in total. The minimum Gasteiger partial charge on any atom is -0.484 e. The average Bonchev–Trinajstić information content (AvgIpc) is 3.16. The molecule has 0 bridgehead atoms. The molecular formula is C22H23N3O3. The molecule has 0 saturated heterocycles. The van der Waals surface area contributed by atoms with E-state index in [-0.39, 0.29) is 18.1 Å². The predicted molar refractivity (Wildman–Crippen MR) is 109 cm³/mol. The van der Waals surface area contributed by atoms with Crippen molar-refractivity contribution in [3.63, 3.8) is 0 Å². The largest absolute Gasteiger partial charge is 0.484 e. The number of fused-ring (bicyclic) bond motifs is 2. The van der Waals surface area contributed by atoms with E-state index in [1.807, 2.05) is 24.3 Å². The molecule has 6 heteroatoms. The van der Waals surface area contributed by atoms with Crippen LogP contribution in [0.5, 0.6) is 5.75 Å². The maximum absolute atomic E-state index is 12.6. The van der Waals surface area contributed by atoms with Crippen LogP contribution in [-0.2, 0) is 17.8 Å². The second-order valence-electron chi connectivity index (χ2n) is 7.38. The highest BCUT2D eigenvalue weighted by atomic mass is 16.5. The van der Waals surface area contributed by atoms with Gasteiger partial charge in [0.2, 0.25) is 0 Å². The van der Waals surface area contributed by atoms with Crippen LogP contribution in [0.15, 0.2) is 47.3 Å². The maximum atomic E-state index is 12.6. The molecule has 0 fully saturated rings. The van der Waals surface area contributed by atoms with Crippen molar-refractivity contribution < 1.29 is 9.53 Å². The van der Waals surface area contributed by atoms with E-state index in [9.17, 15) is 9.59 Å². The topological polar surface area (TPSA) is 73.2 Å². The van der Waals surface area contributed by atoms with Gasteiger partial charge in [0.25, 0.3) is 11.5 Å². The lowest BCUT2D eigenvalue weighted by molar-refractivity contribution is -0.118. The molecule has 1 aromatic heterocycles. The molecule has 28 heavy (non-hydrogen) atoms. The standard InChI is InChI=1S/C22H23N3O3/c1-14(2)15-5-7-16(8-6-15)23-21(26)13-28-17-9-10-19-18(12-17)22(27)25-11-3-4-20(25)24-19/h5-10,12,14H,3-4,11,13H2,1-2H3,(H,23,26). The van der Waals surface area contributed by atoms with Crippen molar-refractivity contribution in [1.82, 2.24) is 9.55 Å². The Morgan fingerprint density at radius 1 is 1.21 bits per heavy atom. The number of aromatic nitrogens is 2. The normalized spacial score (nSPS) is 13.0. The fourth-order valence-electron chi connectivity index (χ4n) is 3.45. The number of benzene rings is 2. The third-order valence-electron chi connectivity index (χ3n) is 5.02. The highest BCUT2D eigenvalue weighted by Crippen LogP contribution is 2.20. The quantitative estimate of drug-likeness (QED) is 0.739. The van der Waals surface area contributed by atoms with Gasteiger partial charge < -0.3 is 10.1 Å². The molecular weight excluding hydrogens is 354 g/mol. The Hall–Kier alpha value is -3.15. The first-order valence-electron chi connectivity index (χ1n) is 9.57. The number of carbonyl (C=O) groups is 1. The highest BCUT2D eigenvalue weighted by Gasteiger charge is 2.16. The van der Waals surface area contributed by atoms with Crippen molar-refractivity contribution in [3.05, 3.63) is 64.2 Å². The molecule has 2 aromatic carbocycles. The van der Waals surface area contributed by atoms with Gasteiger partial charge in [-0.05, 0) is 48.2 Å². The van der Waals surface area contributed by atoms with Crippen LogP contribution in [0.3, 0.4) is 0 Å². The number of amides is 1. The summed E-state index contributed by atoms with van der Waals surface area (Å²) >= 11 is 0. The monoisotopic (exact) mass is 377 g/mol. The maximum Gasteiger partial charge on any atom is 0.262 e. The van der Waals surface area contributed by atoms with Crippen molar-refractivity contribution in [3.8, 4) is 5.75 Å². The first-order valence-corrected chi connectivity index (χ1v) is 9.57. The molecule has 0 aliphatic carbocycles. The van der Waals surface area contributed by atoms with Crippen LogP contribution in [0.4, 0.5) is 5.69 Å². The Labute approximate surface area is 163 Å². The molecule has 1 aliphatic rings. The van der Waals surface area contributed by atoms with Gasteiger partial charge in [0.1, 0.15) is 11.6 Å². The van der Waals surface area contributed by atoms with Gasteiger partial charge in [0, 0.05) is 18.7 Å². The number of carbonyl (C=O) groups excluding carboxylic acids is 1. The Balaban J connectivity index is 1.43. The first kappa shape index (κ1) is 18.2. The van der Waals surface area contributed by atoms with Crippen LogP contribution in [0.25, 0.3) is 10.9 Å².